The highest BCUT2D eigenvalue weighted by atomic mass is 32.2. The fraction of sp³-hybridized carbons (Fsp3) is 0.179. The zero-order chi connectivity index (χ0) is 25.9. The number of carboxylic acid groups (broad SMARTS) is 1. The summed E-state index contributed by atoms with van der Waals surface area (Å²) in [6.07, 6.45) is 6.51. The molecule has 0 aliphatic heterocycles. The highest BCUT2D eigenvalue weighted by Crippen LogP contribution is 2.40. The largest absolute Gasteiger partial charge is 0.489 e. The Labute approximate surface area is 214 Å². The van der Waals surface area contributed by atoms with E-state index in [2.05, 4.69) is 16.7 Å². The molecule has 2 N–H and O–H groups in total. The van der Waals surface area contributed by atoms with Crippen molar-refractivity contribution in [1.29, 1.82) is 0 Å². The molecule has 4 aromatic rings. The van der Waals surface area contributed by atoms with Gasteiger partial charge < -0.3 is 9.84 Å². The van der Waals surface area contributed by atoms with Crippen molar-refractivity contribution in [2.45, 2.75) is 25.9 Å². The van der Waals surface area contributed by atoms with Gasteiger partial charge in [-0.1, -0.05) is 36.3 Å². The van der Waals surface area contributed by atoms with Crippen LogP contribution < -0.4 is 9.46 Å². The zero-order valence-corrected chi connectivity index (χ0v) is 21.4. The van der Waals surface area contributed by atoms with Crippen LogP contribution >= 0.6 is 11.3 Å². The molecule has 0 radical (unpaired) electrons. The van der Waals surface area contributed by atoms with E-state index in [-0.39, 0.29) is 6.42 Å². The molecule has 0 unspecified atom stereocenters. The minimum absolute atomic E-state index is 0.123. The number of terminal acetylenes is 1. The third kappa shape index (κ3) is 5.88. The lowest BCUT2D eigenvalue weighted by molar-refractivity contribution is -0.137. The molecule has 184 valence electrons. The summed E-state index contributed by atoms with van der Waals surface area (Å²) in [5, 5.41) is 12.1. The van der Waals surface area contributed by atoms with E-state index >= 15 is 0 Å². The highest BCUT2D eigenvalue weighted by molar-refractivity contribution is 7.92. The number of rotatable bonds is 9. The molecule has 1 aromatic heterocycles. The predicted octanol–water partition coefficient (Wildman–Crippen LogP) is 6.02. The zero-order valence-electron chi connectivity index (χ0n) is 19.8. The van der Waals surface area contributed by atoms with Crippen molar-refractivity contribution in [1.82, 2.24) is 0 Å². The maximum Gasteiger partial charge on any atom is 0.304 e. The normalized spacial score (nSPS) is 12.1. The Kier molecular flexibility index (Phi) is 7.34. The Hall–Kier alpha value is -3.80. The maximum absolute atomic E-state index is 11.9. The summed E-state index contributed by atoms with van der Waals surface area (Å²) >= 11 is 1.60. The van der Waals surface area contributed by atoms with E-state index in [1.165, 1.54) is 0 Å². The molecule has 0 fully saturated rings. The van der Waals surface area contributed by atoms with E-state index in [9.17, 15) is 13.2 Å². The summed E-state index contributed by atoms with van der Waals surface area (Å²) in [7, 11) is -3.43. The molecular weight excluding hydrogens is 494 g/mol. The average Bonchev–Trinajstić information content (AvgIpc) is 3.23. The molecule has 0 aliphatic rings. The Bertz CT molecular complexity index is 1560. The molecule has 36 heavy (non-hydrogen) atoms. The number of nitrogens with one attached hydrogen (secondary N) is 1. The number of fused-ring (bicyclic) bond motifs is 1. The summed E-state index contributed by atoms with van der Waals surface area (Å²) in [5.74, 6) is 1.74. The lowest BCUT2D eigenvalue weighted by Crippen LogP contribution is -2.10. The average molecular weight is 520 g/mol. The number of carbonyl (C=O) groups is 1. The number of hydrogen-bond donors (Lipinski definition) is 2. The van der Waals surface area contributed by atoms with Crippen molar-refractivity contribution in [3.8, 4) is 29.2 Å². The lowest BCUT2D eigenvalue weighted by Gasteiger charge is -2.14. The van der Waals surface area contributed by atoms with Crippen LogP contribution in [0, 0.1) is 19.3 Å². The molecule has 6 nitrogen and oxygen atoms in total. The van der Waals surface area contributed by atoms with Crippen molar-refractivity contribution in [3.05, 3.63) is 82.7 Å². The minimum atomic E-state index is -3.43. The van der Waals surface area contributed by atoms with E-state index in [1.54, 1.807) is 41.7 Å². The van der Waals surface area contributed by atoms with Crippen LogP contribution in [0.4, 0.5) is 5.69 Å². The third-order valence-corrected chi connectivity index (χ3v) is 7.30. The van der Waals surface area contributed by atoms with Crippen LogP contribution in [-0.4, -0.2) is 25.7 Å². The van der Waals surface area contributed by atoms with Gasteiger partial charge in [0.05, 0.1) is 24.3 Å². The Morgan fingerprint density at radius 2 is 1.92 bits per heavy atom. The summed E-state index contributed by atoms with van der Waals surface area (Å²) in [5.41, 5.74) is 5.06. The first-order valence-corrected chi connectivity index (χ1v) is 13.9. The van der Waals surface area contributed by atoms with E-state index < -0.39 is 21.9 Å². The first kappa shape index (κ1) is 25.3. The van der Waals surface area contributed by atoms with Crippen LogP contribution in [0.2, 0.25) is 0 Å². The third-order valence-electron chi connectivity index (χ3n) is 5.74. The number of anilines is 1. The Morgan fingerprint density at radius 3 is 2.58 bits per heavy atom. The summed E-state index contributed by atoms with van der Waals surface area (Å²) in [6, 6.07) is 18.8. The van der Waals surface area contributed by atoms with Gasteiger partial charge >= 0.3 is 5.97 Å². The SMILES string of the molecule is C#C[C@@H](CC(=O)O)c1ccc(OCc2ccc3scc(-c4c(C)cccc4NS(C)(=O)=O)c3c2)cc1. The van der Waals surface area contributed by atoms with Crippen LogP contribution in [0.25, 0.3) is 21.2 Å². The minimum Gasteiger partial charge on any atom is -0.489 e. The molecular formula is C28H25NO5S2. The first-order valence-electron chi connectivity index (χ1n) is 11.1. The van der Waals surface area contributed by atoms with E-state index in [0.29, 0.717) is 18.0 Å². The smallest absolute Gasteiger partial charge is 0.304 e. The van der Waals surface area contributed by atoms with Crippen molar-refractivity contribution >= 4 is 43.1 Å². The topological polar surface area (TPSA) is 92.7 Å². The van der Waals surface area contributed by atoms with Crippen LogP contribution in [0.3, 0.4) is 0 Å². The second-order valence-electron chi connectivity index (χ2n) is 8.53. The van der Waals surface area contributed by atoms with Crippen molar-refractivity contribution in [2.24, 2.45) is 0 Å². The lowest BCUT2D eigenvalue weighted by atomic mass is 9.97. The monoisotopic (exact) mass is 519 g/mol. The van der Waals surface area contributed by atoms with Gasteiger partial charge in [-0.05, 0) is 59.3 Å². The molecule has 0 aliphatic carbocycles. The van der Waals surface area contributed by atoms with Gasteiger partial charge in [-0.25, -0.2) is 8.42 Å². The number of sulfonamides is 1. The molecule has 0 saturated heterocycles. The van der Waals surface area contributed by atoms with Gasteiger partial charge in [0.25, 0.3) is 0 Å². The molecule has 8 heteroatoms. The van der Waals surface area contributed by atoms with Gasteiger partial charge in [-0.15, -0.1) is 17.8 Å². The number of ether oxygens (including phenoxy) is 1. The quantitative estimate of drug-likeness (QED) is 0.264. The van der Waals surface area contributed by atoms with Crippen molar-refractivity contribution in [3.63, 3.8) is 0 Å². The van der Waals surface area contributed by atoms with Gasteiger partial charge in [-0.2, -0.15) is 0 Å². The standard InChI is InChI=1S/C28H25NO5S2/c1-4-20(15-27(30)31)21-9-11-22(12-10-21)34-16-19-8-13-26-23(14-19)24(17-35-26)28-18(2)6-5-7-25(28)29-36(3,32)33/h1,5-14,17,20,29H,15-16H2,2-3H3,(H,30,31)/t20-/m0/s1. The molecule has 0 bridgehead atoms. The maximum atomic E-state index is 11.9. The van der Waals surface area contributed by atoms with Crippen LogP contribution in [0.1, 0.15) is 29.0 Å². The summed E-state index contributed by atoms with van der Waals surface area (Å²) < 4.78 is 33.6. The van der Waals surface area contributed by atoms with E-state index in [0.717, 1.165) is 44.2 Å². The number of benzene rings is 3. The molecule has 0 saturated carbocycles. The number of aryl methyl sites for hydroxylation is 1. The van der Waals surface area contributed by atoms with Crippen LogP contribution in [-0.2, 0) is 21.4 Å². The van der Waals surface area contributed by atoms with Crippen molar-refractivity contribution < 1.29 is 23.1 Å². The number of hydrogen-bond acceptors (Lipinski definition) is 5. The fourth-order valence-corrected chi connectivity index (χ4v) is 5.58. The fourth-order valence-electron chi connectivity index (χ4n) is 4.08. The van der Waals surface area contributed by atoms with E-state index in [1.807, 2.05) is 36.6 Å². The van der Waals surface area contributed by atoms with Crippen LogP contribution in [0.15, 0.2) is 66.0 Å². The number of carboxylic acids is 1. The molecule has 0 spiro atoms. The predicted molar refractivity (Wildman–Crippen MR) is 145 cm³/mol. The molecule has 3 aromatic carbocycles. The summed E-state index contributed by atoms with van der Waals surface area (Å²) in [4.78, 5) is 11.0. The second-order valence-corrected chi connectivity index (χ2v) is 11.2. The number of thiophene rings is 1. The summed E-state index contributed by atoms with van der Waals surface area (Å²) in [6.45, 7) is 2.30. The molecule has 0 amide bonds. The number of aliphatic carboxylic acids is 1. The van der Waals surface area contributed by atoms with E-state index in [4.69, 9.17) is 16.3 Å². The van der Waals surface area contributed by atoms with Gasteiger partial charge in [-0.3, -0.25) is 9.52 Å². The first-order chi connectivity index (χ1) is 17.1. The van der Waals surface area contributed by atoms with Crippen molar-refractivity contribution in [2.75, 3.05) is 11.0 Å². The molecule has 4 rings (SSSR count). The van der Waals surface area contributed by atoms with Crippen LogP contribution in [0.5, 0.6) is 5.75 Å². The molecule has 1 heterocycles. The Morgan fingerprint density at radius 1 is 1.17 bits per heavy atom. The van der Waals surface area contributed by atoms with Gasteiger partial charge in [0.1, 0.15) is 12.4 Å². The van der Waals surface area contributed by atoms with Gasteiger partial charge in [0.15, 0.2) is 0 Å². The second kappa shape index (κ2) is 10.4. The van der Waals surface area contributed by atoms with Gasteiger partial charge in [0.2, 0.25) is 10.0 Å². The molecule has 1 atom stereocenters. The Balaban J connectivity index is 1.58. The van der Waals surface area contributed by atoms with Gasteiger partial charge in [0, 0.05) is 21.2 Å². The highest BCUT2D eigenvalue weighted by Gasteiger charge is 2.16.